The second-order valence-electron chi connectivity index (χ2n) is 8.70. The number of ketones is 1. The second kappa shape index (κ2) is 4.69. The van der Waals surface area contributed by atoms with Gasteiger partial charge in [0.05, 0.1) is 5.92 Å². The molecule has 3 aliphatic rings. The lowest BCUT2D eigenvalue weighted by Crippen LogP contribution is -2.51. The second-order valence-corrected chi connectivity index (χ2v) is 8.70. The molecule has 0 amide bonds. The summed E-state index contributed by atoms with van der Waals surface area (Å²) in [6, 6.07) is 8.63. The maximum absolute atomic E-state index is 13.3. The van der Waals surface area contributed by atoms with Crippen LogP contribution in [0, 0.1) is 18.3 Å². The third-order valence-electron chi connectivity index (χ3n) is 6.37. The van der Waals surface area contributed by atoms with Crippen LogP contribution >= 0.6 is 0 Å². The number of aliphatic imine (C=N–C) groups is 1. The zero-order valence-corrected chi connectivity index (χ0v) is 15.0. The predicted molar refractivity (Wildman–Crippen MR) is 97.5 cm³/mol. The van der Waals surface area contributed by atoms with Crippen molar-refractivity contribution in [3.8, 4) is 0 Å². The van der Waals surface area contributed by atoms with Crippen LogP contribution in [-0.2, 0) is 16.6 Å². The lowest BCUT2D eigenvalue weighted by molar-refractivity contribution is -0.125. The van der Waals surface area contributed by atoms with Gasteiger partial charge in [0.2, 0.25) is 0 Å². The van der Waals surface area contributed by atoms with Crippen molar-refractivity contribution in [1.29, 1.82) is 0 Å². The number of aromatic nitrogens is 2. The van der Waals surface area contributed by atoms with E-state index in [0.29, 0.717) is 12.2 Å². The third kappa shape index (κ3) is 1.85. The van der Waals surface area contributed by atoms with Crippen LogP contribution in [0.3, 0.4) is 0 Å². The molecule has 128 valence electrons. The Bertz CT molecular complexity index is 936. The van der Waals surface area contributed by atoms with Crippen LogP contribution in [0.15, 0.2) is 29.3 Å². The normalized spacial score (nSPS) is 29.2. The molecule has 25 heavy (non-hydrogen) atoms. The van der Waals surface area contributed by atoms with E-state index in [4.69, 9.17) is 4.99 Å². The topological polar surface area (TPSA) is 58.1 Å². The quantitative estimate of drug-likeness (QED) is 0.791. The molecule has 1 fully saturated rings. The van der Waals surface area contributed by atoms with Crippen LogP contribution in [0.1, 0.15) is 55.5 Å². The van der Waals surface area contributed by atoms with Gasteiger partial charge >= 0.3 is 0 Å². The fourth-order valence-corrected chi connectivity index (χ4v) is 5.59. The summed E-state index contributed by atoms with van der Waals surface area (Å²) in [5.74, 6) is 1.01. The number of rotatable bonds is 0. The third-order valence-corrected chi connectivity index (χ3v) is 6.37. The van der Waals surface area contributed by atoms with Crippen LogP contribution in [0.4, 0.5) is 5.82 Å². The summed E-state index contributed by atoms with van der Waals surface area (Å²) in [7, 11) is 0. The van der Waals surface area contributed by atoms with Gasteiger partial charge in [0, 0.05) is 28.8 Å². The van der Waals surface area contributed by atoms with E-state index in [0.717, 1.165) is 42.0 Å². The first-order chi connectivity index (χ1) is 11.9. The number of H-pyrrole nitrogens is 1. The average molecular weight is 333 g/mol. The van der Waals surface area contributed by atoms with Gasteiger partial charge in [-0.15, -0.1) is 0 Å². The van der Waals surface area contributed by atoms with E-state index in [1.54, 1.807) is 0 Å². The Balaban J connectivity index is 1.83. The van der Waals surface area contributed by atoms with E-state index >= 15 is 0 Å². The number of Topliss-reactive ketones (excluding diaryl/α,β-unsaturated/α-hetero) is 1. The number of hydrogen-bond acceptors (Lipinski definition) is 3. The Morgan fingerprint density at radius 1 is 1.20 bits per heavy atom. The van der Waals surface area contributed by atoms with Gasteiger partial charge in [-0.25, -0.2) is 4.99 Å². The van der Waals surface area contributed by atoms with Gasteiger partial charge in [0.1, 0.15) is 5.78 Å². The highest BCUT2D eigenvalue weighted by atomic mass is 16.1. The zero-order chi connectivity index (χ0) is 17.4. The summed E-state index contributed by atoms with van der Waals surface area (Å²) in [6.07, 6.45) is 3.49. The van der Waals surface area contributed by atoms with Crippen LogP contribution < -0.4 is 0 Å². The Morgan fingerprint density at radius 3 is 2.84 bits per heavy atom. The van der Waals surface area contributed by atoms with Crippen LogP contribution in [-0.4, -0.2) is 21.7 Å². The molecule has 0 saturated heterocycles. The van der Waals surface area contributed by atoms with Crippen molar-refractivity contribution < 1.29 is 4.79 Å². The largest absolute Gasteiger partial charge is 0.299 e. The molecule has 2 aliphatic carbocycles. The number of aryl methyl sites for hydroxylation is 2. The number of carbonyl (C=O) groups excluding carboxylic acids is 1. The van der Waals surface area contributed by atoms with Crippen LogP contribution in [0.2, 0.25) is 0 Å². The van der Waals surface area contributed by atoms with Crippen LogP contribution in [0.5, 0.6) is 0 Å². The first-order valence-corrected chi connectivity index (χ1v) is 9.16. The molecular formula is C21H23N3O. The SMILES string of the molecule is Cc1[nH]nc2c1C1(CCc3ccccc31)C1C(=O)CC(C)(C)CC1=N2. The van der Waals surface area contributed by atoms with E-state index in [2.05, 4.69) is 55.2 Å². The van der Waals surface area contributed by atoms with Crippen molar-refractivity contribution in [2.75, 3.05) is 0 Å². The predicted octanol–water partition coefficient (Wildman–Crippen LogP) is 4.04. The standard InChI is InChI=1S/C21H23N3O/c1-12-17-19(24-23-12)22-15-10-20(2,3)11-16(25)18(15)21(17)9-8-13-6-4-5-7-14(13)21/h4-7,18H,8-11H2,1-3H3,(H,23,24). The van der Waals surface area contributed by atoms with Crippen molar-refractivity contribution in [1.82, 2.24) is 10.2 Å². The van der Waals surface area contributed by atoms with E-state index in [1.807, 2.05) is 0 Å². The number of benzene rings is 1. The first-order valence-electron chi connectivity index (χ1n) is 9.16. The number of aromatic amines is 1. The summed E-state index contributed by atoms with van der Waals surface area (Å²) in [6.45, 7) is 6.40. The molecule has 2 heterocycles. The van der Waals surface area contributed by atoms with Gasteiger partial charge in [-0.2, -0.15) is 5.10 Å². The van der Waals surface area contributed by atoms with Crippen molar-refractivity contribution in [2.24, 2.45) is 16.3 Å². The van der Waals surface area contributed by atoms with Crippen molar-refractivity contribution in [3.05, 3.63) is 46.6 Å². The van der Waals surface area contributed by atoms with Gasteiger partial charge in [-0.1, -0.05) is 38.1 Å². The van der Waals surface area contributed by atoms with Gasteiger partial charge < -0.3 is 0 Å². The average Bonchev–Trinajstić information content (AvgIpc) is 3.09. The van der Waals surface area contributed by atoms with Crippen molar-refractivity contribution in [3.63, 3.8) is 0 Å². The Morgan fingerprint density at radius 2 is 2.00 bits per heavy atom. The van der Waals surface area contributed by atoms with Crippen LogP contribution in [0.25, 0.3) is 0 Å². The number of carbonyl (C=O) groups is 1. The molecule has 0 radical (unpaired) electrons. The molecule has 0 bridgehead atoms. The monoisotopic (exact) mass is 333 g/mol. The highest BCUT2D eigenvalue weighted by molar-refractivity contribution is 6.12. The highest BCUT2D eigenvalue weighted by Crippen LogP contribution is 2.58. The van der Waals surface area contributed by atoms with Gasteiger partial charge in [0.15, 0.2) is 5.82 Å². The Labute approximate surface area is 147 Å². The summed E-state index contributed by atoms with van der Waals surface area (Å²) < 4.78 is 0. The summed E-state index contributed by atoms with van der Waals surface area (Å²) >= 11 is 0. The van der Waals surface area contributed by atoms with E-state index in [1.165, 1.54) is 11.1 Å². The highest BCUT2D eigenvalue weighted by Gasteiger charge is 2.57. The molecule has 1 spiro atoms. The molecule has 4 nitrogen and oxygen atoms in total. The fourth-order valence-electron chi connectivity index (χ4n) is 5.59. The summed E-state index contributed by atoms with van der Waals surface area (Å²) in [5, 5.41) is 7.63. The van der Waals surface area contributed by atoms with Gasteiger partial charge in [-0.3, -0.25) is 9.89 Å². The van der Waals surface area contributed by atoms with Crippen molar-refractivity contribution in [2.45, 2.75) is 51.9 Å². The zero-order valence-electron chi connectivity index (χ0n) is 15.0. The van der Waals surface area contributed by atoms with E-state index in [9.17, 15) is 4.79 Å². The molecule has 5 rings (SSSR count). The maximum Gasteiger partial charge on any atom is 0.177 e. The summed E-state index contributed by atoms with van der Waals surface area (Å²) in [4.78, 5) is 18.2. The van der Waals surface area contributed by atoms with Gasteiger partial charge in [-0.05, 0) is 42.7 Å². The number of fused-ring (bicyclic) bond motifs is 6. The molecule has 1 N–H and O–H groups in total. The molecule has 1 aromatic carbocycles. The smallest absolute Gasteiger partial charge is 0.177 e. The molecule has 1 aliphatic heterocycles. The first kappa shape index (κ1) is 15.1. The Hall–Kier alpha value is -2.23. The Kier molecular flexibility index (Phi) is 2.82. The molecule has 1 saturated carbocycles. The summed E-state index contributed by atoms with van der Waals surface area (Å²) in [5.41, 5.74) is 5.62. The molecular weight excluding hydrogens is 310 g/mol. The minimum atomic E-state index is -0.284. The molecule has 1 aromatic heterocycles. The molecule has 4 heteroatoms. The lowest BCUT2D eigenvalue weighted by Gasteiger charge is -2.46. The number of nitrogens with zero attached hydrogens (tertiary/aromatic N) is 2. The molecule has 2 unspecified atom stereocenters. The number of nitrogens with one attached hydrogen (secondary N) is 1. The minimum absolute atomic E-state index is 0.0193. The van der Waals surface area contributed by atoms with E-state index < -0.39 is 0 Å². The maximum atomic E-state index is 13.3. The minimum Gasteiger partial charge on any atom is -0.299 e. The molecule has 2 atom stereocenters. The number of hydrogen-bond donors (Lipinski definition) is 1. The fraction of sp³-hybridized carbons (Fsp3) is 0.476. The molecule has 2 aromatic rings. The van der Waals surface area contributed by atoms with Gasteiger partial charge in [0.25, 0.3) is 0 Å². The lowest BCUT2D eigenvalue weighted by atomic mass is 9.56. The van der Waals surface area contributed by atoms with E-state index in [-0.39, 0.29) is 16.7 Å². The van der Waals surface area contributed by atoms with Crippen molar-refractivity contribution >= 4 is 17.3 Å².